The summed E-state index contributed by atoms with van der Waals surface area (Å²) in [7, 11) is 1.79. The Morgan fingerprint density at radius 3 is 2.79 bits per heavy atom. The van der Waals surface area contributed by atoms with Crippen LogP contribution in [0.3, 0.4) is 0 Å². The summed E-state index contributed by atoms with van der Waals surface area (Å²) >= 11 is 6.32. The highest BCUT2D eigenvalue weighted by Crippen LogP contribution is 2.27. The van der Waals surface area contributed by atoms with Gasteiger partial charge in [-0.3, -0.25) is 14.3 Å². The minimum Gasteiger partial charge on any atom is -0.383 e. The first-order valence-electron chi connectivity index (χ1n) is 8.36. The van der Waals surface area contributed by atoms with E-state index in [0.717, 1.165) is 5.56 Å². The monoisotopic (exact) mass is 394 g/mol. The first kappa shape index (κ1) is 17.9. The number of nitrogens with one attached hydrogen (secondary N) is 1. The number of carbonyl (C=O) groups excluding carboxylic acids is 2. The molecule has 0 fully saturated rings. The molecule has 0 unspecified atom stereocenters. The van der Waals surface area contributed by atoms with Gasteiger partial charge in [-0.05, 0) is 17.7 Å². The van der Waals surface area contributed by atoms with Gasteiger partial charge in [-0.2, -0.15) is 5.10 Å². The number of anilines is 1. The number of aryl methyl sites for hydroxylation is 1. The van der Waals surface area contributed by atoms with Crippen LogP contribution in [-0.4, -0.2) is 36.3 Å². The predicted molar refractivity (Wildman–Crippen MR) is 104 cm³/mol. The zero-order valence-corrected chi connectivity index (χ0v) is 15.6. The predicted octanol–water partition coefficient (Wildman–Crippen LogP) is 2.58. The van der Waals surface area contributed by atoms with Crippen molar-refractivity contribution in [1.29, 1.82) is 0 Å². The minimum atomic E-state index is -0.330. The van der Waals surface area contributed by atoms with Crippen molar-refractivity contribution in [3.8, 4) is 0 Å². The molecular weight excluding hydrogens is 380 g/mol. The number of hydrogen-bond donors (Lipinski definition) is 2. The molecule has 0 aliphatic rings. The van der Waals surface area contributed by atoms with Gasteiger partial charge in [0, 0.05) is 37.0 Å². The molecular formula is C19H15ClN6O2. The zero-order valence-electron chi connectivity index (χ0n) is 14.8. The lowest BCUT2D eigenvalue weighted by Crippen LogP contribution is -2.07. The molecule has 3 N–H and O–H groups in total. The molecule has 4 rings (SSSR count). The standard InChI is InChI=1S/C19H15ClN6O2/c1-26-8-10(6-25-26)4-15(27)11-2-3-12(14(20)5-11)17(28)13-7-22-19-16(13)18(21)23-9-24-19/h2-3,5-9H,4H2,1H3,(H3,21,22,23,24). The molecule has 0 bridgehead atoms. The number of nitrogen functional groups attached to an aromatic ring is 1. The van der Waals surface area contributed by atoms with Gasteiger partial charge in [0.15, 0.2) is 11.6 Å². The van der Waals surface area contributed by atoms with Gasteiger partial charge in [-0.1, -0.05) is 17.7 Å². The van der Waals surface area contributed by atoms with Crippen molar-refractivity contribution in [1.82, 2.24) is 24.7 Å². The second-order valence-corrected chi connectivity index (χ2v) is 6.74. The first-order valence-corrected chi connectivity index (χ1v) is 8.74. The third-order valence-corrected chi connectivity index (χ3v) is 4.72. The summed E-state index contributed by atoms with van der Waals surface area (Å²) < 4.78 is 1.63. The Morgan fingerprint density at radius 2 is 2.07 bits per heavy atom. The van der Waals surface area contributed by atoms with Crippen LogP contribution >= 0.6 is 11.6 Å². The van der Waals surface area contributed by atoms with E-state index in [2.05, 4.69) is 20.1 Å². The lowest BCUT2D eigenvalue weighted by atomic mass is 9.99. The molecule has 0 aliphatic heterocycles. The number of nitrogens with zero attached hydrogens (tertiary/aromatic N) is 4. The molecule has 140 valence electrons. The lowest BCUT2D eigenvalue weighted by Gasteiger charge is -2.06. The summed E-state index contributed by atoms with van der Waals surface area (Å²) in [4.78, 5) is 36.3. The number of H-pyrrole nitrogens is 1. The van der Waals surface area contributed by atoms with Crippen LogP contribution in [-0.2, 0) is 13.5 Å². The quantitative estimate of drug-likeness (QED) is 0.502. The normalized spacial score (nSPS) is 11.1. The fraction of sp³-hybridized carbons (Fsp3) is 0.105. The molecule has 3 heterocycles. The number of aromatic nitrogens is 5. The summed E-state index contributed by atoms with van der Waals surface area (Å²) in [6.45, 7) is 0. The highest BCUT2D eigenvalue weighted by molar-refractivity contribution is 6.36. The molecule has 0 amide bonds. The number of aromatic amines is 1. The largest absolute Gasteiger partial charge is 0.383 e. The Bertz CT molecular complexity index is 1230. The molecule has 9 heteroatoms. The van der Waals surface area contributed by atoms with Gasteiger partial charge < -0.3 is 10.7 Å². The molecule has 4 aromatic rings. The maximum atomic E-state index is 13.0. The van der Waals surface area contributed by atoms with Crippen LogP contribution in [0, 0.1) is 0 Å². The topological polar surface area (TPSA) is 120 Å². The van der Waals surface area contributed by atoms with Crippen LogP contribution in [0.5, 0.6) is 0 Å². The molecule has 3 aromatic heterocycles. The van der Waals surface area contributed by atoms with E-state index in [9.17, 15) is 9.59 Å². The summed E-state index contributed by atoms with van der Waals surface area (Å²) in [5, 5.41) is 4.68. The van der Waals surface area contributed by atoms with E-state index < -0.39 is 0 Å². The molecule has 0 radical (unpaired) electrons. The van der Waals surface area contributed by atoms with E-state index >= 15 is 0 Å². The van der Waals surface area contributed by atoms with E-state index in [1.807, 2.05) is 0 Å². The van der Waals surface area contributed by atoms with Crippen LogP contribution < -0.4 is 5.73 Å². The zero-order chi connectivity index (χ0) is 19.8. The maximum Gasteiger partial charge on any atom is 0.196 e. The van der Waals surface area contributed by atoms with Crippen LogP contribution in [0.2, 0.25) is 5.02 Å². The van der Waals surface area contributed by atoms with Gasteiger partial charge in [-0.25, -0.2) is 9.97 Å². The average molecular weight is 395 g/mol. The number of ketones is 2. The number of halogens is 1. The van der Waals surface area contributed by atoms with Crippen LogP contribution in [0.1, 0.15) is 31.8 Å². The van der Waals surface area contributed by atoms with E-state index in [4.69, 9.17) is 17.3 Å². The fourth-order valence-corrected chi connectivity index (χ4v) is 3.30. The Morgan fingerprint density at radius 1 is 1.25 bits per heavy atom. The molecule has 0 saturated carbocycles. The first-order chi connectivity index (χ1) is 13.4. The third-order valence-electron chi connectivity index (χ3n) is 4.40. The Balaban J connectivity index is 1.64. The number of carbonyl (C=O) groups is 2. The average Bonchev–Trinajstić information content (AvgIpc) is 3.28. The number of nitrogens with two attached hydrogens (primary N) is 1. The van der Waals surface area contributed by atoms with Gasteiger partial charge in [0.05, 0.1) is 22.2 Å². The van der Waals surface area contributed by atoms with Crippen molar-refractivity contribution < 1.29 is 9.59 Å². The van der Waals surface area contributed by atoms with E-state index in [-0.39, 0.29) is 34.4 Å². The smallest absolute Gasteiger partial charge is 0.196 e. The van der Waals surface area contributed by atoms with E-state index in [1.165, 1.54) is 18.6 Å². The van der Waals surface area contributed by atoms with Crippen molar-refractivity contribution >= 4 is 40.0 Å². The third kappa shape index (κ3) is 3.14. The highest BCUT2D eigenvalue weighted by Gasteiger charge is 2.20. The summed E-state index contributed by atoms with van der Waals surface area (Å²) in [5.41, 5.74) is 8.17. The highest BCUT2D eigenvalue weighted by atomic mass is 35.5. The maximum absolute atomic E-state index is 13.0. The second-order valence-electron chi connectivity index (χ2n) is 6.33. The van der Waals surface area contributed by atoms with Crippen molar-refractivity contribution in [2.45, 2.75) is 6.42 Å². The van der Waals surface area contributed by atoms with Gasteiger partial charge in [0.2, 0.25) is 0 Å². The molecule has 0 atom stereocenters. The SMILES string of the molecule is Cn1cc(CC(=O)c2ccc(C(=O)c3c[nH]c4ncnc(N)c34)c(Cl)c2)cn1. The van der Waals surface area contributed by atoms with E-state index in [1.54, 1.807) is 36.3 Å². The lowest BCUT2D eigenvalue weighted by molar-refractivity contribution is 0.0990. The molecule has 0 aliphatic carbocycles. The number of benzene rings is 1. The van der Waals surface area contributed by atoms with Crippen molar-refractivity contribution in [3.05, 3.63) is 70.4 Å². The van der Waals surface area contributed by atoms with E-state index in [0.29, 0.717) is 22.2 Å². The van der Waals surface area contributed by atoms with Gasteiger partial charge >= 0.3 is 0 Å². The van der Waals surface area contributed by atoms with Crippen LogP contribution in [0.15, 0.2) is 43.1 Å². The number of Topliss-reactive ketones (excluding diaryl/α,β-unsaturated/α-hetero) is 1. The summed E-state index contributed by atoms with van der Waals surface area (Å²) in [5.74, 6) is -0.239. The fourth-order valence-electron chi connectivity index (χ4n) is 3.03. The summed E-state index contributed by atoms with van der Waals surface area (Å²) in [6.07, 6.45) is 6.46. The van der Waals surface area contributed by atoms with Crippen LogP contribution in [0.25, 0.3) is 11.0 Å². The summed E-state index contributed by atoms with van der Waals surface area (Å²) in [6, 6.07) is 4.63. The van der Waals surface area contributed by atoms with Gasteiger partial charge in [0.1, 0.15) is 17.8 Å². The van der Waals surface area contributed by atoms with Crippen LogP contribution in [0.4, 0.5) is 5.82 Å². The molecule has 1 aromatic carbocycles. The molecule has 28 heavy (non-hydrogen) atoms. The van der Waals surface area contributed by atoms with Gasteiger partial charge in [-0.15, -0.1) is 0 Å². The minimum absolute atomic E-state index is 0.112. The van der Waals surface area contributed by atoms with Crippen molar-refractivity contribution in [2.24, 2.45) is 7.05 Å². The number of hydrogen-bond acceptors (Lipinski definition) is 6. The molecule has 8 nitrogen and oxygen atoms in total. The second kappa shape index (κ2) is 6.90. The Labute approximate surface area is 164 Å². The number of rotatable bonds is 5. The molecule has 0 saturated heterocycles. The number of fused-ring (bicyclic) bond motifs is 1. The van der Waals surface area contributed by atoms with Crippen molar-refractivity contribution in [2.75, 3.05) is 5.73 Å². The van der Waals surface area contributed by atoms with Gasteiger partial charge in [0.25, 0.3) is 0 Å². The Kier molecular flexibility index (Phi) is 4.40. The molecule has 0 spiro atoms. The Hall–Kier alpha value is -3.52. The van der Waals surface area contributed by atoms with Crippen molar-refractivity contribution in [3.63, 3.8) is 0 Å².